The molecule has 0 bridgehead atoms. The van der Waals surface area contributed by atoms with Crippen LogP contribution in [-0.2, 0) is 0 Å². The summed E-state index contributed by atoms with van der Waals surface area (Å²) in [4.78, 5) is 25.1. The second-order valence-electron chi connectivity index (χ2n) is 3.38. The molecular weight excluding hydrogens is 228 g/mol. The van der Waals surface area contributed by atoms with E-state index in [2.05, 4.69) is 4.98 Å². The van der Waals surface area contributed by atoms with Crippen LogP contribution in [0, 0.1) is 0 Å². The lowest BCUT2D eigenvalue weighted by molar-refractivity contribution is 0.0697. The van der Waals surface area contributed by atoms with Gasteiger partial charge in [-0.3, -0.25) is 4.79 Å². The molecule has 80 valence electrons. The molecule has 6 heteroatoms. The van der Waals surface area contributed by atoms with E-state index in [0.29, 0.717) is 10.3 Å². The number of carboxylic acids is 1. The predicted molar refractivity (Wildman–Crippen MR) is 60.4 cm³/mol. The first-order chi connectivity index (χ1) is 7.66. The molecule has 0 aromatic carbocycles. The summed E-state index contributed by atoms with van der Waals surface area (Å²) >= 11 is 1.33. The number of thiophene rings is 1. The fourth-order valence-corrected chi connectivity index (χ4v) is 2.49. The van der Waals surface area contributed by atoms with Crippen LogP contribution in [0.25, 0.3) is 15.9 Å². The maximum absolute atomic E-state index is 11.6. The van der Waals surface area contributed by atoms with Gasteiger partial charge in [-0.25, -0.2) is 4.79 Å². The standard InChI is InChI=1S/C10H6N2O3S/c13-9-8-6(1-2-16-8)12-4-5(10(14)15)3-7(12)11-9/h1-4H,(H,11,13)(H,14,15). The Morgan fingerprint density at radius 2 is 2.31 bits per heavy atom. The van der Waals surface area contributed by atoms with E-state index in [-0.39, 0.29) is 11.1 Å². The van der Waals surface area contributed by atoms with Crippen LogP contribution in [-0.4, -0.2) is 20.5 Å². The van der Waals surface area contributed by atoms with Crippen LogP contribution in [0.5, 0.6) is 0 Å². The van der Waals surface area contributed by atoms with Gasteiger partial charge in [0.2, 0.25) is 0 Å². The van der Waals surface area contributed by atoms with E-state index in [0.717, 1.165) is 5.52 Å². The molecule has 5 nitrogen and oxygen atoms in total. The quantitative estimate of drug-likeness (QED) is 0.670. The number of rotatable bonds is 1. The third-order valence-corrected chi connectivity index (χ3v) is 3.32. The molecule has 0 atom stereocenters. The molecule has 3 aromatic heterocycles. The number of nitrogens with one attached hydrogen (secondary N) is 1. The molecule has 3 heterocycles. The minimum absolute atomic E-state index is 0.161. The summed E-state index contributed by atoms with van der Waals surface area (Å²) in [6.07, 6.45) is 1.50. The van der Waals surface area contributed by atoms with Gasteiger partial charge >= 0.3 is 5.97 Å². The Morgan fingerprint density at radius 1 is 1.50 bits per heavy atom. The van der Waals surface area contributed by atoms with Gasteiger partial charge in [-0.15, -0.1) is 11.3 Å². The van der Waals surface area contributed by atoms with Crippen molar-refractivity contribution >= 4 is 33.2 Å². The van der Waals surface area contributed by atoms with Crippen LogP contribution in [0.4, 0.5) is 0 Å². The molecule has 16 heavy (non-hydrogen) atoms. The molecule has 0 saturated heterocycles. The average molecular weight is 234 g/mol. The number of carboxylic acid groups (broad SMARTS) is 1. The highest BCUT2D eigenvalue weighted by Gasteiger charge is 2.11. The van der Waals surface area contributed by atoms with Crippen LogP contribution in [0.1, 0.15) is 10.4 Å². The molecular formula is C10H6N2O3S. The highest BCUT2D eigenvalue weighted by Crippen LogP contribution is 2.19. The predicted octanol–water partition coefficient (Wildman–Crippen LogP) is 1.54. The molecule has 3 aromatic rings. The average Bonchev–Trinajstić information content (AvgIpc) is 2.80. The molecule has 0 spiro atoms. The summed E-state index contributed by atoms with van der Waals surface area (Å²) in [5.41, 5.74) is 1.20. The Kier molecular flexibility index (Phi) is 1.69. The van der Waals surface area contributed by atoms with Gasteiger partial charge in [-0.2, -0.15) is 0 Å². The summed E-state index contributed by atoms with van der Waals surface area (Å²) in [6, 6.07) is 3.24. The Morgan fingerprint density at radius 3 is 3.06 bits per heavy atom. The van der Waals surface area contributed by atoms with Gasteiger partial charge in [0.15, 0.2) is 0 Å². The van der Waals surface area contributed by atoms with Crippen molar-refractivity contribution in [2.45, 2.75) is 0 Å². The smallest absolute Gasteiger partial charge is 0.337 e. The van der Waals surface area contributed by atoms with Crippen molar-refractivity contribution < 1.29 is 9.90 Å². The van der Waals surface area contributed by atoms with Gasteiger partial charge in [0.05, 0.1) is 11.1 Å². The van der Waals surface area contributed by atoms with Gasteiger partial charge in [0.25, 0.3) is 5.56 Å². The van der Waals surface area contributed by atoms with Crippen molar-refractivity contribution in [2.75, 3.05) is 0 Å². The van der Waals surface area contributed by atoms with Crippen molar-refractivity contribution in [3.05, 3.63) is 39.6 Å². The first-order valence-electron chi connectivity index (χ1n) is 4.52. The second-order valence-corrected chi connectivity index (χ2v) is 4.29. The van der Waals surface area contributed by atoms with E-state index < -0.39 is 5.97 Å². The molecule has 0 unspecified atom stereocenters. The van der Waals surface area contributed by atoms with Crippen LogP contribution in [0.15, 0.2) is 28.5 Å². The lowest BCUT2D eigenvalue weighted by Crippen LogP contribution is -2.06. The molecule has 0 fully saturated rings. The highest BCUT2D eigenvalue weighted by atomic mass is 32.1. The third kappa shape index (κ3) is 1.10. The van der Waals surface area contributed by atoms with E-state index in [4.69, 9.17) is 5.11 Å². The summed E-state index contributed by atoms with van der Waals surface area (Å²) in [5, 5.41) is 10.7. The van der Waals surface area contributed by atoms with Crippen LogP contribution < -0.4 is 5.56 Å². The molecule has 0 saturated carbocycles. The number of nitrogens with zero attached hydrogens (tertiary/aromatic N) is 1. The zero-order valence-electron chi connectivity index (χ0n) is 7.93. The number of fused-ring (bicyclic) bond motifs is 3. The van der Waals surface area contributed by atoms with Crippen molar-refractivity contribution in [3.8, 4) is 0 Å². The number of hydrogen-bond donors (Lipinski definition) is 2. The Hall–Kier alpha value is -2.08. The van der Waals surface area contributed by atoms with E-state index in [1.165, 1.54) is 23.6 Å². The second kappa shape index (κ2) is 2.96. The lowest BCUT2D eigenvalue weighted by Gasteiger charge is -1.95. The fourth-order valence-electron chi connectivity index (χ4n) is 1.71. The van der Waals surface area contributed by atoms with Gasteiger partial charge in [-0.05, 0) is 17.5 Å². The highest BCUT2D eigenvalue weighted by molar-refractivity contribution is 7.17. The first-order valence-corrected chi connectivity index (χ1v) is 5.39. The fraction of sp³-hybridized carbons (Fsp3) is 0. The van der Waals surface area contributed by atoms with Crippen molar-refractivity contribution in [1.82, 2.24) is 9.38 Å². The van der Waals surface area contributed by atoms with E-state index >= 15 is 0 Å². The molecule has 0 aliphatic heterocycles. The Bertz CT molecular complexity index is 765. The number of carbonyl (C=O) groups is 1. The normalized spacial score (nSPS) is 11.2. The molecule has 0 aliphatic rings. The summed E-state index contributed by atoms with van der Waals surface area (Å²) in [5.74, 6) is -1.01. The van der Waals surface area contributed by atoms with E-state index in [1.54, 1.807) is 15.8 Å². The first kappa shape index (κ1) is 9.17. The van der Waals surface area contributed by atoms with Crippen molar-refractivity contribution in [2.24, 2.45) is 0 Å². The number of aromatic amines is 1. The zero-order chi connectivity index (χ0) is 11.3. The molecule has 2 N–H and O–H groups in total. The largest absolute Gasteiger partial charge is 0.478 e. The van der Waals surface area contributed by atoms with E-state index in [1.807, 2.05) is 0 Å². The molecule has 0 amide bonds. The maximum Gasteiger partial charge on any atom is 0.337 e. The van der Waals surface area contributed by atoms with Crippen LogP contribution in [0.3, 0.4) is 0 Å². The number of H-pyrrole nitrogens is 1. The van der Waals surface area contributed by atoms with Gasteiger partial charge in [0.1, 0.15) is 10.3 Å². The van der Waals surface area contributed by atoms with Crippen LogP contribution in [0.2, 0.25) is 0 Å². The maximum atomic E-state index is 11.6. The van der Waals surface area contributed by atoms with Gasteiger partial charge < -0.3 is 14.5 Å². The third-order valence-electron chi connectivity index (χ3n) is 2.42. The van der Waals surface area contributed by atoms with Crippen LogP contribution >= 0.6 is 11.3 Å². The minimum atomic E-state index is -1.01. The Balaban J connectivity index is 2.54. The van der Waals surface area contributed by atoms with Crippen molar-refractivity contribution in [1.29, 1.82) is 0 Å². The monoisotopic (exact) mass is 234 g/mol. The number of hydrogen-bond acceptors (Lipinski definition) is 3. The van der Waals surface area contributed by atoms with Gasteiger partial charge in [-0.1, -0.05) is 0 Å². The summed E-state index contributed by atoms with van der Waals surface area (Å²) in [7, 11) is 0. The summed E-state index contributed by atoms with van der Waals surface area (Å²) < 4.78 is 2.27. The minimum Gasteiger partial charge on any atom is -0.478 e. The SMILES string of the molecule is O=C(O)c1cc2[nH]c(=O)c3sccc3n2c1. The molecule has 0 radical (unpaired) electrons. The summed E-state index contributed by atoms with van der Waals surface area (Å²) in [6.45, 7) is 0. The number of aromatic carboxylic acids is 1. The molecule has 0 aliphatic carbocycles. The topological polar surface area (TPSA) is 74.6 Å². The Labute approximate surface area is 92.6 Å². The molecule has 3 rings (SSSR count). The van der Waals surface area contributed by atoms with Crippen molar-refractivity contribution in [3.63, 3.8) is 0 Å². The van der Waals surface area contributed by atoms with E-state index in [9.17, 15) is 9.59 Å². The van der Waals surface area contributed by atoms with Gasteiger partial charge in [0, 0.05) is 6.20 Å². The number of aromatic nitrogens is 2. The zero-order valence-corrected chi connectivity index (χ0v) is 8.75. The lowest BCUT2D eigenvalue weighted by atomic mass is 10.3.